The van der Waals surface area contributed by atoms with E-state index in [2.05, 4.69) is 5.32 Å². The molecule has 0 radical (unpaired) electrons. The van der Waals surface area contributed by atoms with Gasteiger partial charge < -0.3 is 14.8 Å². The summed E-state index contributed by atoms with van der Waals surface area (Å²) in [7, 11) is 1.61. The Morgan fingerprint density at radius 3 is 2.64 bits per heavy atom. The summed E-state index contributed by atoms with van der Waals surface area (Å²) in [5.41, 5.74) is 0.806. The van der Waals surface area contributed by atoms with Crippen LogP contribution in [0, 0.1) is 11.3 Å². The molecule has 0 aliphatic rings. The van der Waals surface area contributed by atoms with Gasteiger partial charge in [0.15, 0.2) is 0 Å². The van der Waals surface area contributed by atoms with Gasteiger partial charge in [-0.25, -0.2) is 0 Å². The van der Waals surface area contributed by atoms with Gasteiger partial charge in [-0.15, -0.1) is 11.8 Å². The smallest absolute Gasteiger partial charge is 0.234 e. The van der Waals surface area contributed by atoms with Crippen LogP contribution in [-0.4, -0.2) is 31.1 Å². The van der Waals surface area contributed by atoms with Crippen LogP contribution in [0.4, 0.5) is 5.69 Å². The number of hydrogen-bond acceptors (Lipinski definition) is 5. The van der Waals surface area contributed by atoms with Gasteiger partial charge in [0.2, 0.25) is 5.91 Å². The average molecular weight is 377 g/mol. The number of rotatable bonds is 8. The molecule has 0 saturated carbocycles. The fraction of sp³-hybridized carbons (Fsp3) is 0.222. The van der Waals surface area contributed by atoms with Crippen LogP contribution in [0.25, 0.3) is 0 Å². The van der Waals surface area contributed by atoms with Crippen molar-refractivity contribution < 1.29 is 14.3 Å². The molecule has 0 aliphatic carbocycles. The first-order valence-electron chi connectivity index (χ1n) is 7.46. The van der Waals surface area contributed by atoms with Crippen molar-refractivity contribution in [3.63, 3.8) is 0 Å². The van der Waals surface area contributed by atoms with Gasteiger partial charge in [-0.05, 0) is 42.5 Å². The summed E-state index contributed by atoms with van der Waals surface area (Å²) in [6.07, 6.45) is 0. The second-order valence-corrected chi connectivity index (χ2v) is 6.47. The van der Waals surface area contributed by atoms with Crippen molar-refractivity contribution in [2.24, 2.45) is 0 Å². The first-order chi connectivity index (χ1) is 12.1. The Bertz CT molecular complexity index is 760. The van der Waals surface area contributed by atoms with E-state index in [-0.39, 0.29) is 11.7 Å². The van der Waals surface area contributed by atoms with Crippen LogP contribution in [-0.2, 0) is 4.79 Å². The number of halogens is 1. The lowest BCUT2D eigenvalue weighted by molar-refractivity contribution is -0.113. The van der Waals surface area contributed by atoms with Crippen LogP contribution >= 0.6 is 23.4 Å². The summed E-state index contributed by atoms with van der Waals surface area (Å²) in [6.45, 7) is 0.491. The molecule has 0 aliphatic heterocycles. The summed E-state index contributed by atoms with van der Waals surface area (Å²) in [4.78, 5) is 12.0. The Morgan fingerprint density at radius 1 is 1.24 bits per heavy atom. The highest BCUT2D eigenvalue weighted by Crippen LogP contribution is 2.21. The number of nitriles is 1. The molecule has 5 nitrogen and oxygen atoms in total. The molecule has 0 bridgehead atoms. The minimum Gasteiger partial charge on any atom is -0.497 e. The van der Waals surface area contributed by atoms with Crippen LogP contribution in [0.15, 0.2) is 42.5 Å². The van der Waals surface area contributed by atoms with Gasteiger partial charge in [-0.1, -0.05) is 11.6 Å². The molecule has 2 rings (SSSR count). The Balaban J connectivity index is 1.70. The molecule has 2 aromatic rings. The molecule has 0 unspecified atom stereocenters. The second kappa shape index (κ2) is 9.82. The zero-order chi connectivity index (χ0) is 18.1. The molecule has 0 fully saturated rings. The van der Waals surface area contributed by atoms with E-state index in [4.69, 9.17) is 26.3 Å². The SMILES string of the molecule is COc1ccc(OCCSCC(=O)Nc2cc(Cl)ccc2C#N)cc1. The molecule has 130 valence electrons. The summed E-state index contributed by atoms with van der Waals surface area (Å²) in [6, 6.07) is 14.1. The van der Waals surface area contributed by atoms with E-state index in [1.54, 1.807) is 25.3 Å². The van der Waals surface area contributed by atoms with Crippen molar-refractivity contribution in [2.75, 3.05) is 30.5 Å². The number of carbonyl (C=O) groups excluding carboxylic acids is 1. The lowest BCUT2D eigenvalue weighted by Crippen LogP contribution is -2.16. The first kappa shape index (κ1) is 19.0. The number of nitrogens with zero attached hydrogens (tertiary/aromatic N) is 1. The van der Waals surface area contributed by atoms with Gasteiger partial charge >= 0.3 is 0 Å². The van der Waals surface area contributed by atoms with Crippen LogP contribution in [0.5, 0.6) is 11.5 Å². The van der Waals surface area contributed by atoms with Crippen molar-refractivity contribution in [1.82, 2.24) is 0 Å². The Labute approximate surface area is 155 Å². The van der Waals surface area contributed by atoms with E-state index >= 15 is 0 Å². The summed E-state index contributed by atoms with van der Waals surface area (Å²) in [5.74, 6) is 2.27. The number of amides is 1. The number of nitrogens with one attached hydrogen (secondary N) is 1. The number of carbonyl (C=O) groups is 1. The largest absolute Gasteiger partial charge is 0.497 e. The number of benzene rings is 2. The third kappa shape index (κ3) is 6.22. The molecule has 0 heterocycles. The Hall–Kier alpha value is -2.36. The number of hydrogen-bond donors (Lipinski definition) is 1. The molecule has 7 heteroatoms. The lowest BCUT2D eigenvalue weighted by atomic mass is 10.2. The maximum Gasteiger partial charge on any atom is 0.234 e. The molecule has 2 aromatic carbocycles. The van der Waals surface area contributed by atoms with Crippen molar-refractivity contribution >= 4 is 35.0 Å². The molecule has 25 heavy (non-hydrogen) atoms. The summed E-state index contributed by atoms with van der Waals surface area (Å²) < 4.78 is 10.7. The van der Waals surface area contributed by atoms with Gasteiger partial charge in [-0.3, -0.25) is 4.79 Å². The molecule has 0 spiro atoms. The predicted octanol–water partition coefficient (Wildman–Crippen LogP) is 3.97. The Morgan fingerprint density at radius 2 is 1.96 bits per heavy atom. The monoisotopic (exact) mass is 376 g/mol. The highest BCUT2D eigenvalue weighted by atomic mass is 35.5. The molecule has 1 amide bonds. The van der Waals surface area contributed by atoms with E-state index in [1.165, 1.54) is 11.8 Å². The van der Waals surface area contributed by atoms with Crippen molar-refractivity contribution in [3.05, 3.63) is 53.1 Å². The standard InChI is InChI=1S/C18H17ClN2O3S/c1-23-15-4-6-16(7-5-15)24-8-9-25-12-18(22)21-17-10-14(19)3-2-13(17)11-20/h2-7,10H,8-9,12H2,1H3,(H,21,22). The number of anilines is 1. The molecule has 0 aromatic heterocycles. The summed E-state index contributed by atoms with van der Waals surface area (Å²) in [5, 5.41) is 12.2. The second-order valence-electron chi connectivity index (χ2n) is 4.93. The minimum absolute atomic E-state index is 0.187. The molecular weight excluding hydrogens is 360 g/mol. The van der Waals surface area contributed by atoms with Crippen molar-refractivity contribution in [2.45, 2.75) is 0 Å². The highest BCUT2D eigenvalue weighted by Gasteiger charge is 2.08. The van der Waals surface area contributed by atoms with E-state index in [0.29, 0.717) is 28.6 Å². The third-order valence-corrected chi connectivity index (χ3v) is 4.32. The zero-order valence-corrected chi connectivity index (χ0v) is 15.2. The van der Waals surface area contributed by atoms with Crippen molar-refractivity contribution in [1.29, 1.82) is 5.26 Å². The normalized spacial score (nSPS) is 9.96. The molecule has 0 saturated heterocycles. The van der Waals surface area contributed by atoms with Gasteiger partial charge in [0.25, 0.3) is 0 Å². The third-order valence-electron chi connectivity index (χ3n) is 3.17. The predicted molar refractivity (Wildman–Crippen MR) is 101 cm³/mol. The van der Waals surface area contributed by atoms with Crippen LogP contribution in [0.3, 0.4) is 0 Å². The number of ether oxygens (including phenoxy) is 2. The van der Waals surface area contributed by atoms with Gasteiger partial charge in [0, 0.05) is 10.8 Å². The Kier molecular flexibility index (Phi) is 7.45. The molecule has 0 atom stereocenters. The topological polar surface area (TPSA) is 71.3 Å². The van der Waals surface area contributed by atoms with E-state index in [0.717, 1.165) is 11.5 Å². The average Bonchev–Trinajstić information content (AvgIpc) is 2.62. The van der Waals surface area contributed by atoms with Crippen LogP contribution in [0.1, 0.15) is 5.56 Å². The number of methoxy groups -OCH3 is 1. The molecule has 1 N–H and O–H groups in total. The van der Waals surface area contributed by atoms with Gasteiger partial charge in [0.05, 0.1) is 30.7 Å². The fourth-order valence-corrected chi connectivity index (χ4v) is 2.73. The first-order valence-corrected chi connectivity index (χ1v) is 8.99. The van der Waals surface area contributed by atoms with Crippen LogP contribution < -0.4 is 14.8 Å². The van der Waals surface area contributed by atoms with Crippen molar-refractivity contribution in [3.8, 4) is 17.6 Å². The van der Waals surface area contributed by atoms with Gasteiger partial charge in [0.1, 0.15) is 17.6 Å². The van der Waals surface area contributed by atoms with E-state index in [9.17, 15) is 4.79 Å². The maximum atomic E-state index is 12.0. The zero-order valence-electron chi connectivity index (χ0n) is 13.6. The van der Waals surface area contributed by atoms with E-state index in [1.807, 2.05) is 30.3 Å². The molecular formula is C18H17ClN2O3S. The van der Waals surface area contributed by atoms with Gasteiger partial charge in [-0.2, -0.15) is 5.26 Å². The lowest BCUT2D eigenvalue weighted by Gasteiger charge is -2.08. The van der Waals surface area contributed by atoms with E-state index < -0.39 is 0 Å². The quantitative estimate of drug-likeness (QED) is 0.706. The fourth-order valence-electron chi connectivity index (χ4n) is 1.96. The highest BCUT2D eigenvalue weighted by molar-refractivity contribution is 7.99. The van der Waals surface area contributed by atoms with Crippen LogP contribution in [0.2, 0.25) is 5.02 Å². The maximum absolute atomic E-state index is 12.0. The minimum atomic E-state index is -0.187. The number of thioether (sulfide) groups is 1. The summed E-state index contributed by atoms with van der Waals surface area (Å²) >= 11 is 7.34.